The molecule has 0 aliphatic carbocycles. The van der Waals surface area contributed by atoms with Crippen molar-refractivity contribution in [3.63, 3.8) is 0 Å². The first-order valence-corrected chi connectivity index (χ1v) is 6.93. The third-order valence-corrected chi connectivity index (χ3v) is 3.03. The number of benzene rings is 3. The van der Waals surface area contributed by atoms with Crippen molar-refractivity contribution in [2.45, 2.75) is 6.42 Å². The molecule has 4 N–H and O–H groups in total. The topological polar surface area (TPSA) is 52.0 Å². The standard InChI is InChI=1S/C13H13N.C6H7N/c14-13-8-6-12(7-9-13)10-11-4-2-1-3-5-11;7-6-4-2-1-3-5-6/h1-9H,10,14H2;1-5H,7H2. The lowest BCUT2D eigenvalue weighted by Crippen LogP contribution is -1.89. The Morgan fingerprint density at radius 2 is 0.905 bits per heavy atom. The van der Waals surface area contributed by atoms with Crippen LogP contribution in [0.25, 0.3) is 0 Å². The Kier molecular flexibility index (Phi) is 5.41. The largest absolute Gasteiger partial charge is 0.399 e. The van der Waals surface area contributed by atoms with E-state index in [2.05, 4.69) is 36.4 Å². The van der Waals surface area contributed by atoms with E-state index in [1.165, 1.54) is 11.1 Å². The highest BCUT2D eigenvalue weighted by atomic mass is 14.5. The van der Waals surface area contributed by atoms with Crippen LogP contribution < -0.4 is 11.5 Å². The van der Waals surface area contributed by atoms with Crippen LogP contribution in [0.3, 0.4) is 0 Å². The van der Waals surface area contributed by atoms with E-state index in [-0.39, 0.29) is 0 Å². The van der Waals surface area contributed by atoms with Gasteiger partial charge in [-0.05, 0) is 41.8 Å². The van der Waals surface area contributed by atoms with Gasteiger partial charge in [0.05, 0.1) is 0 Å². The first kappa shape index (κ1) is 14.7. The van der Waals surface area contributed by atoms with E-state index < -0.39 is 0 Å². The summed E-state index contributed by atoms with van der Waals surface area (Å²) in [5.74, 6) is 0. The summed E-state index contributed by atoms with van der Waals surface area (Å²) in [6.07, 6.45) is 0.973. The summed E-state index contributed by atoms with van der Waals surface area (Å²) in [6.45, 7) is 0. The summed E-state index contributed by atoms with van der Waals surface area (Å²) in [5.41, 5.74) is 15.2. The number of nitrogens with two attached hydrogens (primary N) is 2. The summed E-state index contributed by atoms with van der Waals surface area (Å²) in [7, 11) is 0. The number of rotatable bonds is 2. The third-order valence-electron chi connectivity index (χ3n) is 3.03. The van der Waals surface area contributed by atoms with E-state index in [4.69, 9.17) is 11.5 Å². The summed E-state index contributed by atoms with van der Waals surface area (Å²) in [4.78, 5) is 0. The Labute approximate surface area is 126 Å². The molecule has 3 aromatic carbocycles. The zero-order valence-electron chi connectivity index (χ0n) is 11.9. The van der Waals surface area contributed by atoms with Gasteiger partial charge >= 0.3 is 0 Å². The number of anilines is 2. The molecule has 0 unspecified atom stereocenters. The lowest BCUT2D eigenvalue weighted by molar-refractivity contribution is 1.19. The molecular formula is C19H20N2. The van der Waals surface area contributed by atoms with Crippen molar-refractivity contribution in [3.8, 4) is 0 Å². The van der Waals surface area contributed by atoms with E-state index in [1.807, 2.05) is 48.5 Å². The molecule has 0 saturated carbocycles. The van der Waals surface area contributed by atoms with Crippen LogP contribution >= 0.6 is 0 Å². The maximum absolute atomic E-state index is 5.62. The zero-order chi connectivity index (χ0) is 14.9. The number of para-hydroxylation sites is 1. The van der Waals surface area contributed by atoms with Gasteiger partial charge in [-0.3, -0.25) is 0 Å². The Morgan fingerprint density at radius 1 is 0.476 bits per heavy atom. The maximum atomic E-state index is 5.62. The SMILES string of the molecule is Nc1ccc(Cc2ccccc2)cc1.Nc1ccccc1. The smallest absolute Gasteiger partial charge is 0.0314 e. The van der Waals surface area contributed by atoms with Crippen LogP contribution in [0.1, 0.15) is 11.1 Å². The highest BCUT2D eigenvalue weighted by Crippen LogP contribution is 2.11. The predicted molar refractivity (Wildman–Crippen MR) is 91.0 cm³/mol. The van der Waals surface area contributed by atoms with E-state index in [0.29, 0.717) is 0 Å². The molecule has 3 aromatic rings. The van der Waals surface area contributed by atoms with Crippen LogP contribution in [0, 0.1) is 0 Å². The molecule has 21 heavy (non-hydrogen) atoms. The van der Waals surface area contributed by atoms with Crippen LogP contribution in [0.4, 0.5) is 11.4 Å². The number of hydrogen-bond acceptors (Lipinski definition) is 2. The van der Waals surface area contributed by atoms with Gasteiger partial charge < -0.3 is 11.5 Å². The van der Waals surface area contributed by atoms with Crippen molar-refractivity contribution >= 4 is 11.4 Å². The first-order chi connectivity index (χ1) is 10.2. The molecular weight excluding hydrogens is 256 g/mol. The monoisotopic (exact) mass is 276 g/mol. The fourth-order valence-electron chi connectivity index (χ4n) is 1.92. The fourth-order valence-corrected chi connectivity index (χ4v) is 1.92. The molecule has 0 amide bonds. The quantitative estimate of drug-likeness (QED) is 0.691. The second kappa shape index (κ2) is 7.75. The summed E-state index contributed by atoms with van der Waals surface area (Å²) < 4.78 is 0. The molecule has 0 aromatic heterocycles. The maximum Gasteiger partial charge on any atom is 0.0314 e. The average molecular weight is 276 g/mol. The van der Waals surface area contributed by atoms with Gasteiger partial charge in [0.15, 0.2) is 0 Å². The number of hydrogen-bond donors (Lipinski definition) is 2. The van der Waals surface area contributed by atoms with Crippen LogP contribution in [-0.2, 0) is 6.42 Å². The molecule has 0 spiro atoms. The average Bonchev–Trinajstić information content (AvgIpc) is 2.52. The van der Waals surface area contributed by atoms with Gasteiger partial charge in [-0.25, -0.2) is 0 Å². The molecule has 3 rings (SSSR count). The Hall–Kier alpha value is -2.74. The Bertz CT molecular complexity index is 631. The van der Waals surface area contributed by atoms with Crippen molar-refractivity contribution in [3.05, 3.63) is 96.1 Å². The van der Waals surface area contributed by atoms with Crippen LogP contribution in [0.5, 0.6) is 0 Å². The molecule has 0 radical (unpaired) electrons. The van der Waals surface area contributed by atoms with Crippen molar-refractivity contribution < 1.29 is 0 Å². The summed E-state index contributed by atoms with van der Waals surface area (Å²) in [6, 6.07) is 27.9. The summed E-state index contributed by atoms with van der Waals surface area (Å²) in [5, 5.41) is 0. The van der Waals surface area contributed by atoms with Crippen LogP contribution in [-0.4, -0.2) is 0 Å². The normalized spacial score (nSPS) is 9.52. The second-order valence-corrected chi connectivity index (χ2v) is 4.81. The predicted octanol–water partition coefficient (Wildman–Crippen LogP) is 4.13. The minimum Gasteiger partial charge on any atom is -0.399 e. The van der Waals surface area contributed by atoms with Crippen molar-refractivity contribution in [1.82, 2.24) is 0 Å². The van der Waals surface area contributed by atoms with Crippen LogP contribution in [0.2, 0.25) is 0 Å². The lowest BCUT2D eigenvalue weighted by atomic mass is 10.1. The molecule has 0 aliphatic rings. The van der Waals surface area contributed by atoms with E-state index >= 15 is 0 Å². The Morgan fingerprint density at radius 3 is 1.38 bits per heavy atom. The Balaban J connectivity index is 0.000000194. The molecule has 0 fully saturated rings. The molecule has 0 heterocycles. The van der Waals surface area contributed by atoms with Gasteiger partial charge in [-0.1, -0.05) is 60.7 Å². The molecule has 106 valence electrons. The third kappa shape index (κ3) is 5.41. The number of nitrogen functional groups attached to an aromatic ring is 2. The van der Waals surface area contributed by atoms with Crippen molar-refractivity contribution in [2.24, 2.45) is 0 Å². The minimum absolute atomic E-state index is 0.821. The summed E-state index contributed by atoms with van der Waals surface area (Å²) >= 11 is 0. The van der Waals surface area contributed by atoms with Crippen molar-refractivity contribution in [1.29, 1.82) is 0 Å². The second-order valence-electron chi connectivity index (χ2n) is 4.81. The first-order valence-electron chi connectivity index (χ1n) is 6.93. The molecule has 2 heteroatoms. The van der Waals surface area contributed by atoms with Gasteiger partial charge in [0.1, 0.15) is 0 Å². The zero-order valence-corrected chi connectivity index (χ0v) is 11.9. The van der Waals surface area contributed by atoms with Gasteiger partial charge in [0.2, 0.25) is 0 Å². The molecule has 0 saturated heterocycles. The highest BCUT2D eigenvalue weighted by Gasteiger charge is 1.94. The highest BCUT2D eigenvalue weighted by molar-refractivity contribution is 5.40. The van der Waals surface area contributed by atoms with Gasteiger partial charge in [0, 0.05) is 11.4 Å². The van der Waals surface area contributed by atoms with E-state index in [1.54, 1.807) is 0 Å². The van der Waals surface area contributed by atoms with Gasteiger partial charge in [-0.15, -0.1) is 0 Å². The fraction of sp³-hybridized carbons (Fsp3) is 0.0526. The molecule has 0 atom stereocenters. The van der Waals surface area contributed by atoms with Gasteiger partial charge in [0.25, 0.3) is 0 Å². The minimum atomic E-state index is 0.821. The van der Waals surface area contributed by atoms with Gasteiger partial charge in [-0.2, -0.15) is 0 Å². The molecule has 0 bridgehead atoms. The molecule has 2 nitrogen and oxygen atoms in total. The lowest BCUT2D eigenvalue weighted by Gasteiger charge is -2.01. The van der Waals surface area contributed by atoms with Crippen LogP contribution in [0.15, 0.2) is 84.9 Å². The van der Waals surface area contributed by atoms with E-state index in [0.717, 1.165) is 17.8 Å². The van der Waals surface area contributed by atoms with Crippen molar-refractivity contribution in [2.75, 3.05) is 11.5 Å². The molecule has 0 aliphatic heterocycles. The van der Waals surface area contributed by atoms with E-state index in [9.17, 15) is 0 Å².